The van der Waals surface area contributed by atoms with Crippen LogP contribution < -0.4 is 0 Å². The third kappa shape index (κ3) is 2.24. The topological polar surface area (TPSA) is 18.5 Å². The average Bonchev–Trinajstić information content (AvgIpc) is 2.63. The van der Waals surface area contributed by atoms with Crippen LogP contribution in [0.15, 0.2) is 11.1 Å². The standard InChI is InChI=1S/C16H30O2Si/c1-12-13-9-8-10-16(13,14(12)11-17-5)18-19(6,7)15(2,3)4/h13H,8-11H2,1-7H3. The van der Waals surface area contributed by atoms with E-state index >= 15 is 0 Å². The summed E-state index contributed by atoms with van der Waals surface area (Å²) in [5.74, 6) is 0.659. The van der Waals surface area contributed by atoms with E-state index in [0.717, 1.165) is 6.61 Å². The van der Waals surface area contributed by atoms with Crippen LogP contribution in [0, 0.1) is 5.92 Å². The first-order valence-corrected chi connectivity index (χ1v) is 10.5. The number of hydrogen-bond acceptors (Lipinski definition) is 2. The van der Waals surface area contributed by atoms with Crippen molar-refractivity contribution in [3.05, 3.63) is 11.1 Å². The second-order valence-corrected chi connectivity index (χ2v) is 12.5. The fourth-order valence-corrected chi connectivity index (χ4v) is 5.13. The summed E-state index contributed by atoms with van der Waals surface area (Å²) in [6.45, 7) is 14.7. The molecule has 2 unspecified atom stereocenters. The first-order valence-electron chi connectivity index (χ1n) is 7.55. The molecule has 2 aliphatic carbocycles. The lowest BCUT2D eigenvalue weighted by Gasteiger charge is -2.54. The summed E-state index contributed by atoms with van der Waals surface area (Å²) in [6, 6.07) is 0. The monoisotopic (exact) mass is 282 g/mol. The highest BCUT2D eigenvalue weighted by Gasteiger charge is 2.58. The van der Waals surface area contributed by atoms with Crippen LogP contribution in [0.1, 0.15) is 47.0 Å². The van der Waals surface area contributed by atoms with Crippen LogP contribution in [0.3, 0.4) is 0 Å². The molecule has 2 nitrogen and oxygen atoms in total. The van der Waals surface area contributed by atoms with E-state index in [1.807, 2.05) is 0 Å². The molecule has 2 atom stereocenters. The Balaban J connectivity index is 2.27. The fraction of sp³-hybridized carbons (Fsp3) is 0.875. The van der Waals surface area contributed by atoms with E-state index in [0.29, 0.717) is 5.92 Å². The van der Waals surface area contributed by atoms with Crippen LogP contribution >= 0.6 is 0 Å². The number of methoxy groups -OCH3 is 1. The molecular weight excluding hydrogens is 252 g/mol. The van der Waals surface area contributed by atoms with E-state index in [-0.39, 0.29) is 10.6 Å². The molecule has 0 aromatic carbocycles. The van der Waals surface area contributed by atoms with Crippen molar-refractivity contribution in [3.63, 3.8) is 0 Å². The van der Waals surface area contributed by atoms with Gasteiger partial charge in [0.1, 0.15) is 0 Å². The highest BCUT2D eigenvalue weighted by molar-refractivity contribution is 6.74. The fourth-order valence-electron chi connectivity index (χ4n) is 3.54. The van der Waals surface area contributed by atoms with Crippen LogP contribution in [0.5, 0.6) is 0 Å². The van der Waals surface area contributed by atoms with Crippen molar-refractivity contribution in [3.8, 4) is 0 Å². The summed E-state index contributed by atoms with van der Waals surface area (Å²) in [4.78, 5) is 0. The Morgan fingerprint density at radius 2 is 1.95 bits per heavy atom. The first kappa shape index (κ1) is 15.3. The average molecular weight is 282 g/mol. The second kappa shape index (κ2) is 4.71. The Bertz CT molecular complexity index is 392. The summed E-state index contributed by atoms with van der Waals surface area (Å²) in [6.07, 6.45) is 3.79. The Hall–Kier alpha value is -0.123. The van der Waals surface area contributed by atoms with Crippen LogP contribution in [-0.2, 0) is 9.16 Å². The minimum absolute atomic E-state index is 0.0308. The van der Waals surface area contributed by atoms with Crippen molar-refractivity contribution in [2.75, 3.05) is 13.7 Å². The van der Waals surface area contributed by atoms with E-state index in [4.69, 9.17) is 9.16 Å². The first-order chi connectivity index (χ1) is 8.66. The zero-order valence-corrected chi connectivity index (χ0v) is 14.7. The predicted octanol–water partition coefficient (Wildman–Crippen LogP) is 4.52. The van der Waals surface area contributed by atoms with Crippen molar-refractivity contribution in [1.82, 2.24) is 0 Å². The second-order valence-electron chi connectivity index (χ2n) is 7.79. The Labute approximate surface area is 119 Å². The molecule has 0 aromatic rings. The number of hydrogen-bond donors (Lipinski definition) is 0. The molecule has 110 valence electrons. The maximum Gasteiger partial charge on any atom is 0.193 e. The number of fused-ring (bicyclic) bond motifs is 1. The summed E-state index contributed by atoms with van der Waals surface area (Å²) < 4.78 is 12.3. The van der Waals surface area contributed by atoms with E-state index in [1.54, 1.807) is 7.11 Å². The van der Waals surface area contributed by atoms with Gasteiger partial charge in [0.05, 0.1) is 12.2 Å². The van der Waals surface area contributed by atoms with Gasteiger partial charge in [-0.2, -0.15) is 0 Å². The number of ether oxygens (including phenoxy) is 1. The molecule has 1 saturated carbocycles. The minimum atomic E-state index is -1.72. The van der Waals surface area contributed by atoms with E-state index in [9.17, 15) is 0 Å². The molecule has 0 amide bonds. The van der Waals surface area contributed by atoms with Gasteiger partial charge in [-0.25, -0.2) is 0 Å². The summed E-state index contributed by atoms with van der Waals surface area (Å²) in [5.41, 5.74) is 3.02. The van der Waals surface area contributed by atoms with Gasteiger partial charge in [-0.1, -0.05) is 26.3 Å². The SMILES string of the molecule is COCC1=C(C)C2CCCC12O[Si](C)(C)C(C)(C)C. The zero-order chi connectivity index (χ0) is 14.5. The van der Waals surface area contributed by atoms with Gasteiger partial charge in [0.2, 0.25) is 0 Å². The van der Waals surface area contributed by atoms with Crippen LogP contribution in [0.4, 0.5) is 0 Å². The van der Waals surface area contributed by atoms with Gasteiger partial charge in [-0.05, 0) is 49.9 Å². The summed E-state index contributed by atoms with van der Waals surface area (Å²) in [5, 5.41) is 0.274. The molecular formula is C16H30O2Si. The molecule has 0 bridgehead atoms. The Morgan fingerprint density at radius 3 is 2.47 bits per heavy atom. The molecule has 0 heterocycles. The Morgan fingerprint density at radius 1 is 1.32 bits per heavy atom. The van der Waals surface area contributed by atoms with Crippen LogP contribution in [0.25, 0.3) is 0 Å². The molecule has 0 saturated heterocycles. The van der Waals surface area contributed by atoms with Crippen molar-refractivity contribution >= 4 is 8.32 Å². The third-order valence-electron chi connectivity index (χ3n) is 5.65. The van der Waals surface area contributed by atoms with Crippen molar-refractivity contribution in [2.45, 2.75) is 70.7 Å². The molecule has 3 heteroatoms. The summed E-state index contributed by atoms with van der Waals surface area (Å²) in [7, 11) is 0.0713. The normalized spacial score (nSPS) is 31.4. The van der Waals surface area contributed by atoms with Crippen molar-refractivity contribution < 1.29 is 9.16 Å². The zero-order valence-electron chi connectivity index (χ0n) is 13.7. The highest BCUT2D eigenvalue weighted by atomic mass is 28.4. The van der Waals surface area contributed by atoms with Gasteiger partial charge in [-0.15, -0.1) is 0 Å². The van der Waals surface area contributed by atoms with Crippen molar-refractivity contribution in [1.29, 1.82) is 0 Å². The highest BCUT2D eigenvalue weighted by Crippen LogP contribution is 2.59. The quantitative estimate of drug-likeness (QED) is 0.557. The molecule has 0 spiro atoms. The summed E-state index contributed by atoms with van der Waals surface area (Å²) >= 11 is 0. The minimum Gasteiger partial charge on any atom is -0.407 e. The van der Waals surface area contributed by atoms with E-state index in [1.165, 1.54) is 30.4 Å². The smallest absolute Gasteiger partial charge is 0.193 e. The van der Waals surface area contributed by atoms with Crippen molar-refractivity contribution in [2.24, 2.45) is 5.92 Å². The molecule has 0 aromatic heterocycles. The van der Waals surface area contributed by atoms with Crippen LogP contribution in [-0.4, -0.2) is 27.6 Å². The maximum absolute atomic E-state index is 6.89. The lowest BCUT2D eigenvalue weighted by Crippen LogP contribution is -2.57. The Kier molecular flexibility index (Phi) is 3.79. The molecule has 2 aliphatic rings. The van der Waals surface area contributed by atoms with Crippen LogP contribution in [0.2, 0.25) is 18.1 Å². The maximum atomic E-state index is 6.89. The molecule has 0 radical (unpaired) electrons. The molecule has 19 heavy (non-hydrogen) atoms. The lowest BCUT2D eigenvalue weighted by atomic mass is 9.67. The van der Waals surface area contributed by atoms with E-state index in [2.05, 4.69) is 40.8 Å². The molecule has 2 rings (SSSR count). The third-order valence-corrected chi connectivity index (χ3v) is 10.1. The predicted molar refractivity (Wildman–Crippen MR) is 82.9 cm³/mol. The van der Waals surface area contributed by atoms with E-state index < -0.39 is 8.32 Å². The molecule has 0 aliphatic heterocycles. The molecule has 0 N–H and O–H groups in total. The van der Waals surface area contributed by atoms with Gasteiger partial charge in [-0.3, -0.25) is 0 Å². The van der Waals surface area contributed by atoms with Gasteiger partial charge >= 0.3 is 0 Å². The van der Waals surface area contributed by atoms with Gasteiger partial charge in [0, 0.05) is 13.0 Å². The number of rotatable bonds is 4. The van der Waals surface area contributed by atoms with Gasteiger partial charge in [0.25, 0.3) is 0 Å². The van der Waals surface area contributed by atoms with Gasteiger partial charge in [0.15, 0.2) is 8.32 Å². The largest absolute Gasteiger partial charge is 0.407 e. The molecule has 1 fully saturated rings. The lowest BCUT2D eigenvalue weighted by molar-refractivity contribution is 0.0196. The van der Waals surface area contributed by atoms with Gasteiger partial charge < -0.3 is 9.16 Å².